The number of H-pyrrole nitrogens is 1. The number of anilines is 1. The molecule has 22 heavy (non-hydrogen) atoms. The van der Waals surface area contributed by atoms with Gasteiger partial charge >= 0.3 is 0 Å². The number of benzene rings is 1. The second-order valence-corrected chi connectivity index (χ2v) is 6.91. The fourth-order valence-electron chi connectivity index (χ4n) is 3.80. The Morgan fingerprint density at radius 2 is 1.95 bits per heavy atom. The molecule has 1 aliphatic heterocycles. The molecule has 4 heteroatoms. The molecule has 2 aromatic rings. The number of para-hydroxylation sites is 1. The van der Waals surface area contributed by atoms with E-state index in [2.05, 4.69) is 22.0 Å². The Balaban J connectivity index is 1.56. The van der Waals surface area contributed by atoms with Crippen molar-refractivity contribution < 1.29 is 0 Å². The predicted molar refractivity (Wildman–Crippen MR) is 90.6 cm³/mol. The Morgan fingerprint density at radius 3 is 2.77 bits per heavy atom. The minimum atomic E-state index is 0.646. The van der Waals surface area contributed by atoms with Crippen LogP contribution < -0.4 is 4.90 Å². The number of hydrogen-bond donors (Lipinski definition) is 1. The minimum absolute atomic E-state index is 0.646. The number of aromatic nitrogens is 2. The zero-order valence-electron chi connectivity index (χ0n) is 12.8. The van der Waals surface area contributed by atoms with Crippen LogP contribution in [0.15, 0.2) is 24.3 Å². The third-order valence-electron chi connectivity index (χ3n) is 5.04. The van der Waals surface area contributed by atoms with Gasteiger partial charge in [0.2, 0.25) is 0 Å². The van der Waals surface area contributed by atoms with Crippen molar-refractivity contribution in [3.05, 3.63) is 46.5 Å². The first-order chi connectivity index (χ1) is 10.8. The predicted octanol–water partition coefficient (Wildman–Crippen LogP) is 4.67. The summed E-state index contributed by atoms with van der Waals surface area (Å²) in [5.74, 6) is 1.87. The van der Waals surface area contributed by atoms with Crippen LogP contribution in [0.25, 0.3) is 0 Å². The Bertz CT molecular complexity index is 658. The third-order valence-corrected chi connectivity index (χ3v) is 5.35. The van der Waals surface area contributed by atoms with Crippen LogP contribution in [0.1, 0.15) is 55.2 Å². The summed E-state index contributed by atoms with van der Waals surface area (Å²) in [5, 5.41) is 0.831. The van der Waals surface area contributed by atoms with Gasteiger partial charge in [-0.1, -0.05) is 43.0 Å². The second-order valence-electron chi connectivity index (χ2n) is 6.51. The number of fused-ring (bicyclic) bond motifs is 1. The van der Waals surface area contributed by atoms with Crippen LogP contribution in [0.3, 0.4) is 0 Å². The molecule has 0 atom stereocenters. The Hall–Kier alpha value is -1.48. The molecule has 1 aromatic carbocycles. The first kappa shape index (κ1) is 14.1. The van der Waals surface area contributed by atoms with Gasteiger partial charge in [0.25, 0.3) is 0 Å². The molecule has 1 N–H and O–H groups in total. The first-order valence-corrected chi connectivity index (χ1v) is 8.76. The summed E-state index contributed by atoms with van der Waals surface area (Å²) in [6, 6.07) is 8.11. The van der Waals surface area contributed by atoms with Gasteiger partial charge in [-0.25, -0.2) is 4.98 Å². The lowest BCUT2D eigenvalue weighted by molar-refractivity contribution is 0.430. The summed E-state index contributed by atoms with van der Waals surface area (Å²) >= 11 is 6.34. The highest BCUT2D eigenvalue weighted by Crippen LogP contribution is 2.34. The molecule has 0 spiro atoms. The minimum Gasteiger partial charge on any atom is -0.364 e. The molecule has 0 radical (unpaired) electrons. The average Bonchev–Trinajstić information content (AvgIpc) is 2.99. The molecule has 3 nitrogen and oxygen atoms in total. The molecule has 2 heterocycles. The van der Waals surface area contributed by atoms with Gasteiger partial charge in [0.1, 0.15) is 5.82 Å². The number of rotatable bonds is 2. The normalized spacial score (nSPS) is 19.2. The number of nitrogens with zero attached hydrogens (tertiary/aromatic N) is 2. The fourth-order valence-corrected chi connectivity index (χ4v) is 4.05. The average molecular weight is 316 g/mol. The molecule has 2 aliphatic rings. The van der Waals surface area contributed by atoms with Crippen molar-refractivity contribution in [2.45, 2.75) is 51.0 Å². The molecule has 116 valence electrons. The highest BCUT2D eigenvalue weighted by atomic mass is 35.5. The van der Waals surface area contributed by atoms with Gasteiger partial charge in [0.05, 0.1) is 28.6 Å². The van der Waals surface area contributed by atoms with E-state index >= 15 is 0 Å². The Morgan fingerprint density at radius 1 is 1.14 bits per heavy atom. The maximum atomic E-state index is 6.34. The highest BCUT2D eigenvalue weighted by Gasteiger charge is 2.25. The number of aromatic amines is 1. The van der Waals surface area contributed by atoms with Crippen molar-refractivity contribution in [3.8, 4) is 0 Å². The van der Waals surface area contributed by atoms with Crippen LogP contribution in [0.4, 0.5) is 5.69 Å². The Kier molecular flexibility index (Phi) is 3.83. The van der Waals surface area contributed by atoms with E-state index in [1.54, 1.807) is 0 Å². The lowest BCUT2D eigenvalue weighted by Crippen LogP contribution is -2.30. The molecule has 4 rings (SSSR count). The van der Waals surface area contributed by atoms with Gasteiger partial charge in [0.15, 0.2) is 0 Å². The molecule has 1 saturated carbocycles. The number of hydrogen-bond acceptors (Lipinski definition) is 2. The molecule has 1 aliphatic carbocycles. The Labute approximate surface area is 136 Å². The monoisotopic (exact) mass is 315 g/mol. The molecule has 0 saturated heterocycles. The van der Waals surface area contributed by atoms with E-state index in [1.165, 1.54) is 49.3 Å². The third kappa shape index (κ3) is 2.63. The van der Waals surface area contributed by atoms with Crippen molar-refractivity contribution in [2.75, 3.05) is 11.4 Å². The quantitative estimate of drug-likeness (QED) is 0.873. The molecular formula is C18H22ClN3. The zero-order valence-corrected chi connectivity index (χ0v) is 13.6. The molecule has 0 amide bonds. The van der Waals surface area contributed by atoms with E-state index in [1.807, 2.05) is 12.1 Å². The van der Waals surface area contributed by atoms with Crippen LogP contribution in [-0.2, 0) is 13.0 Å². The lowest BCUT2D eigenvalue weighted by atomic mass is 9.89. The van der Waals surface area contributed by atoms with Crippen molar-refractivity contribution in [2.24, 2.45) is 0 Å². The van der Waals surface area contributed by atoms with E-state index in [0.29, 0.717) is 5.92 Å². The highest BCUT2D eigenvalue weighted by molar-refractivity contribution is 6.33. The maximum absolute atomic E-state index is 6.34. The summed E-state index contributed by atoms with van der Waals surface area (Å²) in [7, 11) is 0. The van der Waals surface area contributed by atoms with Crippen molar-refractivity contribution >= 4 is 17.3 Å². The summed E-state index contributed by atoms with van der Waals surface area (Å²) in [4.78, 5) is 10.9. The topological polar surface area (TPSA) is 31.9 Å². The number of halogens is 1. The van der Waals surface area contributed by atoms with Crippen molar-refractivity contribution in [3.63, 3.8) is 0 Å². The standard InChI is InChI=1S/C18H22ClN3/c19-14-8-4-5-9-17(14)22-11-10-15-16(12-22)21-18(20-15)13-6-2-1-3-7-13/h4-5,8-9,13H,1-3,6-7,10-12H2,(H,20,21). The van der Waals surface area contributed by atoms with E-state index in [-0.39, 0.29) is 0 Å². The van der Waals surface area contributed by atoms with Gasteiger partial charge in [-0.05, 0) is 25.0 Å². The van der Waals surface area contributed by atoms with Crippen molar-refractivity contribution in [1.82, 2.24) is 9.97 Å². The molecule has 0 unspecified atom stereocenters. The summed E-state index contributed by atoms with van der Waals surface area (Å²) < 4.78 is 0. The second kappa shape index (κ2) is 5.96. The van der Waals surface area contributed by atoms with Gasteiger partial charge in [-0.15, -0.1) is 0 Å². The van der Waals surface area contributed by atoms with E-state index in [9.17, 15) is 0 Å². The van der Waals surface area contributed by atoms with Gasteiger partial charge in [-0.3, -0.25) is 0 Å². The van der Waals surface area contributed by atoms with Gasteiger partial charge in [0, 0.05) is 18.9 Å². The first-order valence-electron chi connectivity index (χ1n) is 8.38. The largest absolute Gasteiger partial charge is 0.364 e. The van der Waals surface area contributed by atoms with Crippen LogP contribution in [0, 0.1) is 0 Å². The number of nitrogens with one attached hydrogen (secondary N) is 1. The van der Waals surface area contributed by atoms with Crippen molar-refractivity contribution in [1.29, 1.82) is 0 Å². The number of imidazole rings is 1. The summed E-state index contributed by atoms with van der Waals surface area (Å²) in [6.45, 7) is 1.88. The van der Waals surface area contributed by atoms with Gasteiger partial charge < -0.3 is 9.88 Å². The molecular weight excluding hydrogens is 294 g/mol. The molecule has 0 bridgehead atoms. The molecule has 1 fully saturated rings. The van der Waals surface area contributed by atoms with E-state index < -0.39 is 0 Å². The maximum Gasteiger partial charge on any atom is 0.109 e. The molecule has 1 aromatic heterocycles. The van der Waals surface area contributed by atoms with E-state index in [0.717, 1.165) is 30.2 Å². The SMILES string of the molecule is Clc1ccccc1N1CCc2nc(C3CCCCC3)[nH]c2C1. The van der Waals surface area contributed by atoms with Gasteiger partial charge in [-0.2, -0.15) is 0 Å². The van der Waals surface area contributed by atoms with Crippen LogP contribution in [-0.4, -0.2) is 16.5 Å². The smallest absolute Gasteiger partial charge is 0.109 e. The van der Waals surface area contributed by atoms with Crippen LogP contribution >= 0.6 is 11.6 Å². The summed E-state index contributed by atoms with van der Waals surface area (Å²) in [6.07, 6.45) is 7.67. The zero-order chi connectivity index (χ0) is 14.9. The van der Waals surface area contributed by atoms with E-state index in [4.69, 9.17) is 16.6 Å². The fraction of sp³-hybridized carbons (Fsp3) is 0.500. The lowest BCUT2D eigenvalue weighted by Gasteiger charge is -2.28. The summed E-state index contributed by atoms with van der Waals surface area (Å²) in [5.41, 5.74) is 3.68. The van der Waals surface area contributed by atoms with Crippen LogP contribution in [0.2, 0.25) is 5.02 Å². The van der Waals surface area contributed by atoms with Crippen LogP contribution in [0.5, 0.6) is 0 Å².